The lowest BCUT2D eigenvalue weighted by atomic mass is 9.90. The molecule has 3 heteroatoms. The molecule has 3 nitrogen and oxygen atoms in total. The minimum atomic E-state index is 0.136. The first kappa shape index (κ1) is 11.5. The van der Waals surface area contributed by atoms with Gasteiger partial charge in [0.2, 0.25) is 0 Å². The lowest BCUT2D eigenvalue weighted by Crippen LogP contribution is -2.38. The molecular formula is C15H18N2O. The first-order chi connectivity index (χ1) is 8.75. The maximum atomic E-state index is 11.9. The Hall–Kier alpha value is -1.61. The van der Waals surface area contributed by atoms with Crippen LogP contribution < -0.4 is 5.32 Å². The van der Waals surface area contributed by atoms with Crippen molar-refractivity contribution >= 4 is 16.7 Å². The Morgan fingerprint density at radius 3 is 3.00 bits per heavy atom. The summed E-state index contributed by atoms with van der Waals surface area (Å²) in [4.78, 5) is 15.3. The molecule has 1 fully saturated rings. The molecule has 0 bridgehead atoms. The number of rotatable bonds is 2. The summed E-state index contributed by atoms with van der Waals surface area (Å²) in [6.45, 7) is 3.75. The van der Waals surface area contributed by atoms with Crippen molar-refractivity contribution in [2.24, 2.45) is 5.92 Å². The van der Waals surface area contributed by atoms with E-state index in [0.717, 1.165) is 19.5 Å². The van der Waals surface area contributed by atoms with Crippen LogP contribution in [0.5, 0.6) is 0 Å². The summed E-state index contributed by atoms with van der Waals surface area (Å²) in [6.07, 6.45) is 1.52. The fourth-order valence-electron chi connectivity index (χ4n) is 2.84. The van der Waals surface area contributed by atoms with Crippen molar-refractivity contribution < 1.29 is 4.79 Å². The van der Waals surface area contributed by atoms with Gasteiger partial charge in [0.05, 0.1) is 0 Å². The highest BCUT2D eigenvalue weighted by Crippen LogP contribution is 2.25. The van der Waals surface area contributed by atoms with E-state index >= 15 is 0 Å². The van der Waals surface area contributed by atoms with Crippen LogP contribution >= 0.6 is 0 Å². The van der Waals surface area contributed by atoms with Gasteiger partial charge in [-0.2, -0.15) is 0 Å². The molecule has 0 saturated carbocycles. The average Bonchev–Trinajstić information content (AvgIpc) is 2.69. The molecule has 0 spiro atoms. The molecule has 1 aliphatic rings. The van der Waals surface area contributed by atoms with Crippen LogP contribution in [-0.2, 0) is 11.2 Å². The van der Waals surface area contributed by atoms with Gasteiger partial charge in [-0.15, -0.1) is 0 Å². The van der Waals surface area contributed by atoms with Crippen LogP contribution in [0.1, 0.15) is 17.7 Å². The second-order valence-electron chi connectivity index (χ2n) is 5.10. The molecule has 0 radical (unpaired) electrons. The second kappa shape index (κ2) is 4.58. The molecule has 0 amide bonds. The zero-order chi connectivity index (χ0) is 12.5. The molecule has 1 saturated heterocycles. The number of para-hydroxylation sites is 1. The highest BCUT2D eigenvalue weighted by Gasteiger charge is 2.23. The van der Waals surface area contributed by atoms with Crippen molar-refractivity contribution in [3.63, 3.8) is 0 Å². The molecule has 18 heavy (non-hydrogen) atoms. The zero-order valence-corrected chi connectivity index (χ0v) is 10.6. The number of benzene rings is 1. The summed E-state index contributed by atoms with van der Waals surface area (Å²) >= 11 is 0. The fraction of sp³-hybridized carbons (Fsp3) is 0.400. The Balaban J connectivity index is 1.94. The number of aryl methyl sites for hydroxylation is 1. The molecule has 0 aliphatic carbocycles. The Bertz CT molecular complexity index is 585. The van der Waals surface area contributed by atoms with E-state index in [4.69, 9.17) is 0 Å². The highest BCUT2D eigenvalue weighted by atomic mass is 16.1. The van der Waals surface area contributed by atoms with E-state index in [9.17, 15) is 4.79 Å². The molecule has 1 aromatic carbocycles. The number of Topliss-reactive ketones (excluding diaryl/α,β-unsaturated/α-hetero) is 1. The molecule has 3 rings (SSSR count). The topological polar surface area (TPSA) is 44.9 Å². The molecule has 1 unspecified atom stereocenters. The first-order valence-electron chi connectivity index (χ1n) is 6.55. The molecule has 2 N–H and O–H groups in total. The number of ketones is 1. The number of hydrogen-bond acceptors (Lipinski definition) is 2. The van der Waals surface area contributed by atoms with Crippen LogP contribution in [0.25, 0.3) is 10.9 Å². The van der Waals surface area contributed by atoms with Gasteiger partial charge in [0.1, 0.15) is 5.78 Å². The number of fused-ring (bicyclic) bond motifs is 1. The third-order valence-electron chi connectivity index (χ3n) is 3.87. The van der Waals surface area contributed by atoms with Gasteiger partial charge in [-0.25, -0.2) is 0 Å². The van der Waals surface area contributed by atoms with E-state index in [1.54, 1.807) is 0 Å². The third kappa shape index (κ3) is 1.95. The standard InChI is InChI=1S/C15H18N2O/c1-10-13(8-11-9-16-7-6-15(11)18)12-4-2-3-5-14(12)17-10/h2-5,11,16-17H,6-9H2,1H3. The van der Waals surface area contributed by atoms with Crippen molar-refractivity contribution in [1.82, 2.24) is 10.3 Å². The summed E-state index contributed by atoms with van der Waals surface area (Å²) in [5, 5.41) is 4.57. The van der Waals surface area contributed by atoms with Gasteiger partial charge in [0.25, 0.3) is 0 Å². The van der Waals surface area contributed by atoms with Crippen LogP contribution in [-0.4, -0.2) is 23.9 Å². The lowest BCUT2D eigenvalue weighted by molar-refractivity contribution is -0.123. The van der Waals surface area contributed by atoms with Crippen molar-refractivity contribution in [2.45, 2.75) is 19.8 Å². The zero-order valence-electron chi connectivity index (χ0n) is 10.6. The molecule has 94 valence electrons. The van der Waals surface area contributed by atoms with Crippen molar-refractivity contribution in [3.05, 3.63) is 35.5 Å². The minimum Gasteiger partial charge on any atom is -0.358 e. The van der Waals surface area contributed by atoms with Gasteiger partial charge in [-0.3, -0.25) is 4.79 Å². The molecule has 2 heterocycles. The van der Waals surface area contributed by atoms with Crippen LogP contribution in [0.4, 0.5) is 0 Å². The number of carbonyl (C=O) groups is 1. The second-order valence-corrected chi connectivity index (χ2v) is 5.10. The quantitative estimate of drug-likeness (QED) is 0.848. The normalized spacial score (nSPS) is 20.5. The monoisotopic (exact) mass is 242 g/mol. The maximum absolute atomic E-state index is 11.9. The number of carbonyl (C=O) groups excluding carboxylic acids is 1. The first-order valence-corrected chi connectivity index (χ1v) is 6.55. The van der Waals surface area contributed by atoms with E-state index in [-0.39, 0.29) is 5.92 Å². The Morgan fingerprint density at radius 2 is 2.17 bits per heavy atom. The SMILES string of the molecule is Cc1[nH]c2ccccc2c1CC1CNCCC1=O. The number of aromatic nitrogens is 1. The van der Waals surface area contributed by atoms with E-state index < -0.39 is 0 Å². The number of nitrogens with one attached hydrogen (secondary N) is 2. The van der Waals surface area contributed by atoms with Crippen LogP contribution in [0, 0.1) is 12.8 Å². The van der Waals surface area contributed by atoms with Crippen LogP contribution in [0.15, 0.2) is 24.3 Å². The predicted octanol–water partition coefficient (Wildman–Crippen LogP) is 2.20. The Kier molecular flexibility index (Phi) is 2.92. The fourth-order valence-corrected chi connectivity index (χ4v) is 2.84. The van der Waals surface area contributed by atoms with E-state index in [0.29, 0.717) is 12.2 Å². The molecule has 1 aliphatic heterocycles. The van der Waals surface area contributed by atoms with E-state index in [1.165, 1.54) is 22.2 Å². The van der Waals surface area contributed by atoms with E-state index in [2.05, 4.69) is 35.4 Å². The number of hydrogen-bond donors (Lipinski definition) is 2. The van der Waals surface area contributed by atoms with Gasteiger partial charge < -0.3 is 10.3 Å². The van der Waals surface area contributed by atoms with Crippen molar-refractivity contribution in [3.8, 4) is 0 Å². The van der Waals surface area contributed by atoms with Gasteiger partial charge >= 0.3 is 0 Å². The Morgan fingerprint density at radius 1 is 1.33 bits per heavy atom. The Labute approximate surface area is 107 Å². The number of aromatic amines is 1. The van der Waals surface area contributed by atoms with Crippen LogP contribution in [0.2, 0.25) is 0 Å². The van der Waals surface area contributed by atoms with Gasteiger partial charge in [-0.1, -0.05) is 18.2 Å². The molecule has 1 atom stereocenters. The van der Waals surface area contributed by atoms with Crippen molar-refractivity contribution in [1.29, 1.82) is 0 Å². The van der Waals surface area contributed by atoms with Gasteiger partial charge in [0, 0.05) is 42.0 Å². The third-order valence-corrected chi connectivity index (χ3v) is 3.87. The molecule has 2 aromatic rings. The van der Waals surface area contributed by atoms with Gasteiger partial charge in [0.15, 0.2) is 0 Å². The van der Waals surface area contributed by atoms with E-state index in [1.807, 2.05) is 6.07 Å². The molecule has 1 aromatic heterocycles. The van der Waals surface area contributed by atoms with Crippen LogP contribution in [0.3, 0.4) is 0 Å². The summed E-state index contributed by atoms with van der Waals surface area (Å²) in [7, 11) is 0. The summed E-state index contributed by atoms with van der Waals surface area (Å²) in [5.74, 6) is 0.537. The van der Waals surface area contributed by atoms with Crippen molar-refractivity contribution in [2.75, 3.05) is 13.1 Å². The summed E-state index contributed by atoms with van der Waals surface area (Å²) < 4.78 is 0. The lowest BCUT2D eigenvalue weighted by Gasteiger charge is -2.21. The smallest absolute Gasteiger partial charge is 0.138 e. The number of H-pyrrole nitrogens is 1. The average molecular weight is 242 g/mol. The number of piperidine rings is 1. The predicted molar refractivity (Wildman–Crippen MR) is 72.7 cm³/mol. The summed E-state index contributed by atoms with van der Waals surface area (Å²) in [5.41, 5.74) is 3.66. The maximum Gasteiger partial charge on any atom is 0.138 e. The highest BCUT2D eigenvalue weighted by molar-refractivity contribution is 5.87. The van der Waals surface area contributed by atoms with Gasteiger partial charge in [-0.05, 0) is 25.0 Å². The minimum absolute atomic E-state index is 0.136. The molecular weight excluding hydrogens is 224 g/mol. The largest absolute Gasteiger partial charge is 0.358 e. The summed E-state index contributed by atoms with van der Waals surface area (Å²) in [6, 6.07) is 8.32.